The van der Waals surface area contributed by atoms with Gasteiger partial charge in [-0.15, -0.1) is 6.58 Å². The third kappa shape index (κ3) is 2.44. The van der Waals surface area contributed by atoms with E-state index in [0.717, 1.165) is 52.1 Å². The minimum Gasteiger partial charge on any atom is -0.339 e. The predicted molar refractivity (Wildman–Crippen MR) is 64.2 cm³/mol. The lowest BCUT2D eigenvalue weighted by Gasteiger charge is -2.32. The lowest BCUT2D eigenvalue weighted by atomic mass is 10.1. The Labute approximate surface area is 97.3 Å². The first kappa shape index (κ1) is 11.6. The molecular formula is C12H21N3O. The van der Waals surface area contributed by atoms with Crippen LogP contribution in [0.3, 0.4) is 0 Å². The molecule has 90 valence electrons. The lowest BCUT2D eigenvalue weighted by molar-refractivity contribution is -0.136. The highest BCUT2D eigenvalue weighted by atomic mass is 16.2. The van der Waals surface area contributed by atoms with E-state index in [1.807, 2.05) is 11.0 Å². The number of hydrogen-bond donors (Lipinski definition) is 1. The first-order chi connectivity index (χ1) is 7.83. The molecule has 0 aromatic rings. The fourth-order valence-electron chi connectivity index (χ4n) is 2.59. The highest BCUT2D eigenvalue weighted by Gasteiger charge is 2.33. The number of likely N-dealkylation sites (tertiary alicyclic amines) is 1. The zero-order valence-electron chi connectivity index (χ0n) is 9.82. The smallest absolute Gasteiger partial charge is 0.240 e. The third-order valence-corrected chi connectivity index (χ3v) is 3.44. The van der Waals surface area contributed by atoms with Gasteiger partial charge in [0.15, 0.2) is 0 Å². The van der Waals surface area contributed by atoms with E-state index >= 15 is 0 Å². The molecule has 1 atom stereocenters. The number of carbonyl (C=O) groups is 1. The molecule has 4 nitrogen and oxygen atoms in total. The fraction of sp³-hybridized carbons (Fsp3) is 0.750. The Kier molecular flexibility index (Phi) is 3.96. The molecule has 1 amide bonds. The lowest BCUT2D eigenvalue weighted by Crippen LogP contribution is -2.52. The van der Waals surface area contributed by atoms with Crippen LogP contribution in [0.2, 0.25) is 0 Å². The number of carbonyl (C=O) groups excluding carboxylic acids is 1. The quantitative estimate of drug-likeness (QED) is 0.688. The van der Waals surface area contributed by atoms with E-state index < -0.39 is 0 Å². The molecule has 0 aliphatic carbocycles. The molecule has 1 unspecified atom stereocenters. The zero-order valence-corrected chi connectivity index (χ0v) is 9.82. The molecule has 0 radical (unpaired) electrons. The van der Waals surface area contributed by atoms with E-state index in [9.17, 15) is 4.79 Å². The maximum Gasteiger partial charge on any atom is 0.240 e. The number of hydrogen-bond acceptors (Lipinski definition) is 3. The highest BCUT2D eigenvalue weighted by molar-refractivity contribution is 5.82. The topological polar surface area (TPSA) is 35.6 Å². The van der Waals surface area contributed by atoms with Crippen LogP contribution in [0.1, 0.15) is 12.8 Å². The maximum absolute atomic E-state index is 12.3. The van der Waals surface area contributed by atoms with Crippen LogP contribution in [-0.2, 0) is 4.79 Å². The van der Waals surface area contributed by atoms with Crippen molar-refractivity contribution in [3.63, 3.8) is 0 Å². The van der Waals surface area contributed by atoms with Crippen molar-refractivity contribution in [3.05, 3.63) is 12.7 Å². The van der Waals surface area contributed by atoms with Crippen molar-refractivity contribution in [2.24, 2.45) is 0 Å². The van der Waals surface area contributed by atoms with Gasteiger partial charge in [0.2, 0.25) is 5.91 Å². The molecule has 4 heteroatoms. The predicted octanol–water partition coefficient (Wildman–Crippen LogP) is 0.0686. The first-order valence-corrected chi connectivity index (χ1v) is 6.17. The van der Waals surface area contributed by atoms with Crippen molar-refractivity contribution in [2.45, 2.75) is 18.9 Å². The molecule has 2 saturated heterocycles. The molecule has 2 heterocycles. The highest BCUT2D eigenvalue weighted by Crippen LogP contribution is 2.19. The molecule has 2 aliphatic heterocycles. The first-order valence-electron chi connectivity index (χ1n) is 6.17. The van der Waals surface area contributed by atoms with E-state index in [4.69, 9.17) is 0 Å². The van der Waals surface area contributed by atoms with Crippen LogP contribution in [0.25, 0.3) is 0 Å². The Morgan fingerprint density at radius 2 is 2.12 bits per heavy atom. The SMILES string of the molecule is C=CCN1CCCC1C(=O)N1CCNCC1. The van der Waals surface area contributed by atoms with Crippen molar-refractivity contribution in [3.8, 4) is 0 Å². The zero-order chi connectivity index (χ0) is 11.4. The minimum absolute atomic E-state index is 0.107. The Hall–Kier alpha value is -0.870. The molecular weight excluding hydrogens is 202 g/mol. The van der Waals surface area contributed by atoms with Crippen molar-refractivity contribution in [2.75, 3.05) is 39.3 Å². The summed E-state index contributed by atoms with van der Waals surface area (Å²) in [6.45, 7) is 9.20. The van der Waals surface area contributed by atoms with Crippen LogP contribution in [0.5, 0.6) is 0 Å². The number of amides is 1. The van der Waals surface area contributed by atoms with E-state index in [1.54, 1.807) is 0 Å². The van der Waals surface area contributed by atoms with Gasteiger partial charge in [0, 0.05) is 32.7 Å². The summed E-state index contributed by atoms with van der Waals surface area (Å²) in [5.41, 5.74) is 0. The van der Waals surface area contributed by atoms with Crippen LogP contribution < -0.4 is 5.32 Å². The Morgan fingerprint density at radius 3 is 2.81 bits per heavy atom. The molecule has 1 N–H and O–H groups in total. The summed E-state index contributed by atoms with van der Waals surface area (Å²) >= 11 is 0. The van der Waals surface area contributed by atoms with E-state index in [2.05, 4.69) is 16.8 Å². The number of nitrogens with one attached hydrogen (secondary N) is 1. The average Bonchev–Trinajstić information content (AvgIpc) is 2.78. The number of rotatable bonds is 3. The number of nitrogens with zero attached hydrogens (tertiary/aromatic N) is 2. The third-order valence-electron chi connectivity index (χ3n) is 3.44. The van der Waals surface area contributed by atoms with Crippen molar-refractivity contribution < 1.29 is 4.79 Å². The molecule has 0 spiro atoms. The second-order valence-corrected chi connectivity index (χ2v) is 4.52. The van der Waals surface area contributed by atoms with Gasteiger partial charge in [-0.05, 0) is 19.4 Å². The van der Waals surface area contributed by atoms with Gasteiger partial charge >= 0.3 is 0 Å². The Morgan fingerprint density at radius 1 is 1.38 bits per heavy atom. The van der Waals surface area contributed by atoms with Crippen LogP contribution >= 0.6 is 0 Å². The fourth-order valence-corrected chi connectivity index (χ4v) is 2.59. The van der Waals surface area contributed by atoms with Gasteiger partial charge in [0.05, 0.1) is 6.04 Å². The van der Waals surface area contributed by atoms with E-state index in [0.29, 0.717) is 5.91 Å². The molecule has 2 aliphatic rings. The second kappa shape index (κ2) is 5.46. The van der Waals surface area contributed by atoms with Gasteiger partial charge in [0.1, 0.15) is 0 Å². The summed E-state index contributed by atoms with van der Waals surface area (Å²) in [5.74, 6) is 0.320. The second-order valence-electron chi connectivity index (χ2n) is 4.52. The van der Waals surface area contributed by atoms with Crippen LogP contribution in [-0.4, -0.2) is 61.0 Å². The van der Waals surface area contributed by atoms with Gasteiger partial charge in [-0.3, -0.25) is 9.69 Å². The molecule has 16 heavy (non-hydrogen) atoms. The van der Waals surface area contributed by atoms with Crippen LogP contribution in [0, 0.1) is 0 Å². The summed E-state index contributed by atoms with van der Waals surface area (Å²) in [6.07, 6.45) is 4.04. The van der Waals surface area contributed by atoms with Crippen LogP contribution in [0.4, 0.5) is 0 Å². The van der Waals surface area contributed by atoms with E-state index in [1.165, 1.54) is 0 Å². The molecule has 2 fully saturated rings. The molecule has 0 aromatic heterocycles. The van der Waals surface area contributed by atoms with Gasteiger partial charge in [-0.25, -0.2) is 0 Å². The van der Waals surface area contributed by atoms with Gasteiger partial charge in [-0.1, -0.05) is 6.08 Å². The van der Waals surface area contributed by atoms with E-state index in [-0.39, 0.29) is 6.04 Å². The molecule has 0 aromatic carbocycles. The van der Waals surface area contributed by atoms with Gasteiger partial charge < -0.3 is 10.2 Å². The largest absolute Gasteiger partial charge is 0.339 e. The maximum atomic E-state index is 12.3. The minimum atomic E-state index is 0.107. The Balaban J connectivity index is 1.94. The summed E-state index contributed by atoms with van der Waals surface area (Å²) in [6, 6.07) is 0.107. The van der Waals surface area contributed by atoms with Crippen LogP contribution in [0.15, 0.2) is 12.7 Å². The summed E-state index contributed by atoms with van der Waals surface area (Å²) in [7, 11) is 0. The molecule has 0 bridgehead atoms. The van der Waals surface area contributed by atoms with Crippen molar-refractivity contribution in [1.29, 1.82) is 0 Å². The standard InChI is InChI=1S/C12H21N3O/c1-2-7-14-8-3-4-11(14)12(16)15-9-5-13-6-10-15/h2,11,13H,1,3-10H2. The summed E-state index contributed by atoms with van der Waals surface area (Å²) < 4.78 is 0. The van der Waals surface area contributed by atoms with Crippen molar-refractivity contribution in [1.82, 2.24) is 15.1 Å². The van der Waals surface area contributed by atoms with Gasteiger partial charge in [0.25, 0.3) is 0 Å². The molecule has 2 rings (SSSR count). The monoisotopic (exact) mass is 223 g/mol. The van der Waals surface area contributed by atoms with Crippen molar-refractivity contribution >= 4 is 5.91 Å². The average molecular weight is 223 g/mol. The summed E-state index contributed by atoms with van der Waals surface area (Å²) in [4.78, 5) is 16.6. The summed E-state index contributed by atoms with van der Waals surface area (Å²) in [5, 5.41) is 3.27. The Bertz CT molecular complexity index is 261. The van der Waals surface area contributed by atoms with Gasteiger partial charge in [-0.2, -0.15) is 0 Å². The normalized spacial score (nSPS) is 27.0. The number of piperazine rings is 1. The molecule has 0 saturated carbocycles.